The van der Waals surface area contributed by atoms with E-state index in [1.54, 1.807) is 0 Å². The van der Waals surface area contributed by atoms with Gasteiger partial charge >= 0.3 is 6.09 Å². The molecule has 0 radical (unpaired) electrons. The molecule has 0 aliphatic rings. The van der Waals surface area contributed by atoms with E-state index in [9.17, 15) is 9.18 Å². The lowest BCUT2D eigenvalue weighted by molar-refractivity contribution is 0.0669. The van der Waals surface area contributed by atoms with Crippen LogP contribution < -0.4 is 5.73 Å². The van der Waals surface area contributed by atoms with Crippen molar-refractivity contribution in [3.8, 4) is 0 Å². The summed E-state index contributed by atoms with van der Waals surface area (Å²) in [6.45, 7) is 5.50. The van der Waals surface area contributed by atoms with Crippen LogP contribution in [-0.2, 0) is 4.74 Å². The van der Waals surface area contributed by atoms with E-state index in [4.69, 9.17) is 10.5 Å². The Hall–Kier alpha value is -0.580. The first kappa shape index (κ1) is 13.4. The van der Waals surface area contributed by atoms with Crippen molar-refractivity contribution >= 4 is 22.0 Å². The second kappa shape index (κ2) is 5.34. The molecule has 0 saturated carbocycles. The highest BCUT2D eigenvalue weighted by Crippen LogP contribution is 2.24. The SMILES string of the molecule is CC(C)(C)C(C=C(F)CBr)OC(N)=O. The highest BCUT2D eigenvalue weighted by molar-refractivity contribution is 9.09. The minimum Gasteiger partial charge on any atom is -0.441 e. The Bertz CT molecular complexity index is 235. The Balaban J connectivity index is 4.65. The first-order chi connectivity index (χ1) is 6.27. The van der Waals surface area contributed by atoms with Crippen LogP contribution in [0.5, 0.6) is 0 Å². The monoisotopic (exact) mass is 267 g/mol. The number of hydrogen-bond acceptors (Lipinski definition) is 2. The van der Waals surface area contributed by atoms with Crippen molar-refractivity contribution in [2.75, 3.05) is 5.33 Å². The van der Waals surface area contributed by atoms with Crippen molar-refractivity contribution in [2.24, 2.45) is 11.1 Å². The molecule has 0 aliphatic carbocycles. The van der Waals surface area contributed by atoms with Crippen molar-refractivity contribution in [2.45, 2.75) is 26.9 Å². The fourth-order valence-corrected chi connectivity index (χ4v) is 0.982. The highest BCUT2D eigenvalue weighted by atomic mass is 79.9. The molecular weight excluding hydrogens is 253 g/mol. The van der Waals surface area contributed by atoms with E-state index in [0.29, 0.717) is 0 Å². The van der Waals surface area contributed by atoms with Gasteiger partial charge in [-0.15, -0.1) is 0 Å². The summed E-state index contributed by atoms with van der Waals surface area (Å²) in [5, 5.41) is 0.0989. The molecule has 1 atom stereocenters. The fraction of sp³-hybridized carbons (Fsp3) is 0.667. The number of carbonyl (C=O) groups is 1. The average Bonchev–Trinajstić information content (AvgIpc) is 2.00. The minimum atomic E-state index is -0.899. The quantitative estimate of drug-likeness (QED) is 0.800. The number of carbonyl (C=O) groups excluding carboxylic acids is 1. The Kier molecular flexibility index (Phi) is 5.12. The molecule has 0 heterocycles. The van der Waals surface area contributed by atoms with Gasteiger partial charge < -0.3 is 10.5 Å². The van der Waals surface area contributed by atoms with Crippen LogP contribution in [0.25, 0.3) is 0 Å². The molecule has 0 saturated heterocycles. The molecule has 0 aliphatic heterocycles. The van der Waals surface area contributed by atoms with E-state index in [1.807, 2.05) is 20.8 Å². The van der Waals surface area contributed by atoms with Gasteiger partial charge in [0.2, 0.25) is 0 Å². The lowest BCUT2D eigenvalue weighted by atomic mass is 9.88. The molecule has 0 aromatic rings. The van der Waals surface area contributed by atoms with Gasteiger partial charge in [0.05, 0.1) is 5.33 Å². The largest absolute Gasteiger partial charge is 0.441 e. The summed E-state index contributed by atoms with van der Waals surface area (Å²) in [5.74, 6) is -0.383. The predicted molar refractivity (Wildman–Crippen MR) is 56.9 cm³/mol. The number of hydrogen-bond donors (Lipinski definition) is 1. The molecule has 2 N–H and O–H groups in total. The topological polar surface area (TPSA) is 52.3 Å². The Morgan fingerprint density at radius 2 is 2.14 bits per heavy atom. The van der Waals surface area contributed by atoms with Crippen LogP contribution in [0.4, 0.5) is 9.18 Å². The van der Waals surface area contributed by atoms with Crippen molar-refractivity contribution in [1.82, 2.24) is 0 Å². The van der Waals surface area contributed by atoms with Gasteiger partial charge in [-0.25, -0.2) is 9.18 Å². The molecule has 0 fully saturated rings. The van der Waals surface area contributed by atoms with Crippen molar-refractivity contribution in [1.29, 1.82) is 0 Å². The van der Waals surface area contributed by atoms with Crippen LogP contribution in [0, 0.1) is 5.41 Å². The van der Waals surface area contributed by atoms with Gasteiger partial charge in [0, 0.05) is 5.41 Å². The zero-order valence-electron chi connectivity index (χ0n) is 8.51. The number of amides is 1. The summed E-state index contributed by atoms with van der Waals surface area (Å²) in [4.78, 5) is 10.6. The van der Waals surface area contributed by atoms with Crippen molar-refractivity contribution < 1.29 is 13.9 Å². The smallest absolute Gasteiger partial charge is 0.405 e. The molecule has 0 aromatic carbocycles. The molecule has 1 unspecified atom stereocenters. The third kappa shape index (κ3) is 5.21. The van der Waals surface area contributed by atoms with Gasteiger partial charge in [-0.3, -0.25) is 0 Å². The highest BCUT2D eigenvalue weighted by Gasteiger charge is 2.26. The Morgan fingerprint density at radius 1 is 1.64 bits per heavy atom. The van der Waals surface area contributed by atoms with Crippen LogP contribution in [0.2, 0.25) is 0 Å². The van der Waals surface area contributed by atoms with Crippen LogP contribution in [0.1, 0.15) is 20.8 Å². The molecular formula is C9H15BrFNO2. The Morgan fingerprint density at radius 3 is 2.43 bits per heavy atom. The molecule has 0 rings (SSSR count). The van der Waals surface area contributed by atoms with Crippen LogP contribution in [0.15, 0.2) is 11.9 Å². The maximum Gasteiger partial charge on any atom is 0.405 e. The van der Waals surface area contributed by atoms with E-state index in [1.165, 1.54) is 6.08 Å². The van der Waals surface area contributed by atoms with Crippen LogP contribution in [-0.4, -0.2) is 17.5 Å². The molecule has 14 heavy (non-hydrogen) atoms. The number of halogens is 2. The number of rotatable bonds is 3. The summed E-state index contributed by atoms with van der Waals surface area (Å²) in [6.07, 6.45) is -0.305. The average molecular weight is 268 g/mol. The van der Waals surface area contributed by atoms with Gasteiger partial charge in [-0.2, -0.15) is 0 Å². The number of allylic oxidation sites excluding steroid dienone is 1. The minimum absolute atomic E-state index is 0.0989. The van der Waals surface area contributed by atoms with E-state index in [2.05, 4.69) is 15.9 Å². The Labute approximate surface area is 91.6 Å². The number of nitrogens with two attached hydrogens (primary N) is 1. The molecule has 1 amide bonds. The van der Waals surface area contributed by atoms with Gasteiger partial charge in [-0.05, 0) is 6.08 Å². The van der Waals surface area contributed by atoms with E-state index < -0.39 is 12.2 Å². The van der Waals surface area contributed by atoms with E-state index in [-0.39, 0.29) is 16.6 Å². The number of ether oxygens (including phenoxy) is 1. The summed E-state index contributed by atoms with van der Waals surface area (Å²) in [5.41, 5.74) is 4.50. The number of primary amides is 1. The third-order valence-electron chi connectivity index (χ3n) is 1.56. The van der Waals surface area contributed by atoms with Crippen molar-refractivity contribution in [3.63, 3.8) is 0 Å². The first-order valence-corrected chi connectivity index (χ1v) is 5.27. The molecule has 5 heteroatoms. The van der Waals surface area contributed by atoms with Gasteiger partial charge in [0.15, 0.2) is 0 Å². The number of alkyl halides is 1. The maximum atomic E-state index is 12.9. The molecule has 82 valence electrons. The van der Waals surface area contributed by atoms with Crippen molar-refractivity contribution in [3.05, 3.63) is 11.9 Å². The lowest BCUT2D eigenvalue weighted by Crippen LogP contribution is -2.32. The predicted octanol–water partition coefficient (Wildman–Crippen LogP) is 2.74. The standard InChI is InChI=1S/C9H15BrFNO2/c1-9(2,3)7(14-8(12)13)4-6(11)5-10/h4,7H,5H2,1-3H3,(H2,12,13). The first-order valence-electron chi connectivity index (χ1n) is 4.15. The molecule has 3 nitrogen and oxygen atoms in total. The normalized spacial score (nSPS) is 15.1. The summed E-state index contributed by atoms with van der Waals surface area (Å²) in [7, 11) is 0. The summed E-state index contributed by atoms with van der Waals surface area (Å²) < 4.78 is 17.7. The lowest BCUT2D eigenvalue weighted by Gasteiger charge is -2.27. The van der Waals surface area contributed by atoms with Gasteiger partial charge in [-0.1, -0.05) is 36.7 Å². The second-order valence-corrected chi connectivity index (χ2v) is 4.53. The molecule has 0 aromatic heterocycles. The van der Waals surface area contributed by atoms with Crippen LogP contribution in [0.3, 0.4) is 0 Å². The van der Waals surface area contributed by atoms with Gasteiger partial charge in [0.25, 0.3) is 0 Å². The zero-order chi connectivity index (χ0) is 11.4. The third-order valence-corrected chi connectivity index (χ3v) is 2.09. The zero-order valence-corrected chi connectivity index (χ0v) is 10.1. The second-order valence-electron chi connectivity index (χ2n) is 3.97. The van der Waals surface area contributed by atoms with E-state index >= 15 is 0 Å². The summed E-state index contributed by atoms with van der Waals surface area (Å²) >= 11 is 2.96. The fourth-order valence-electron chi connectivity index (χ4n) is 0.795. The van der Waals surface area contributed by atoms with E-state index in [0.717, 1.165) is 0 Å². The van der Waals surface area contributed by atoms with Crippen LogP contribution >= 0.6 is 15.9 Å². The molecule has 0 bridgehead atoms. The molecule has 0 spiro atoms. The maximum absolute atomic E-state index is 12.9. The summed E-state index contributed by atoms with van der Waals surface area (Å²) in [6, 6.07) is 0. The van der Waals surface area contributed by atoms with Gasteiger partial charge in [0.1, 0.15) is 11.9 Å².